The third kappa shape index (κ3) is 4.09. The molecule has 0 spiro atoms. The van der Waals surface area contributed by atoms with Gasteiger partial charge in [-0.3, -0.25) is 0 Å². The number of hydrogen-bond donors (Lipinski definition) is 1. The number of rotatable bonds is 6. The number of nitrogens with zero attached hydrogens (tertiary/aromatic N) is 2. The maximum Gasteiger partial charge on any atom is 0.276 e. The Bertz CT molecular complexity index is 933. The number of aromatic nitrogens is 2. The fourth-order valence-corrected chi connectivity index (χ4v) is 3.59. The molecule has 0 aliphatic carbocycles. The van der Waals surface area contributed by atoms with Crippen LogP contribution in [0.25, 0.3) is 11.3 Å². The number of hydrogen-bond acceptors (Lipinski definition) is 3. The lowest BCUT2D eigenvalue weighted by molar-refractivity contribution is 0.589. The van der Waals surface area contributed by atoms with E-state index in [1.54, 1.807) is 30.3 Å². The Kier molecular flexibility index (Phi) is 4.90. The van der Waals surface area contributed by atoms with E-state index in [-0.39, 0.29) is 4.90 Å². The van der Waals surface area contributed by atoms with Gasteiger partial charge in [-0.2, -0.15) is 23.1 Å². The first-order chi connectivity index (χ1) is 12.0. The summed E-state index contributed by atoms with van der Waals surface area (Å²) in [7, 11) is -3.71. The molecule has 130 valence electrons. The highest BCUT2D eigenvalue weighted by molar-refractivity contribution is 7.92. The zero-order valence-corrected chi connectivity index (χ0v) is 15.1. The molecule has 3 aromatic rings. The summed E-state index contributed by atoms with van der Waals surface area (Å²) < 4.78 is 25.3. The molecule has 0 saturated carbocycles. The fraction of sp³-hybridized carbons (Fsp3) is 0.211. The summed E-state index contributed by atoms with van der Waals surface area (Å²) in [6.45, 7) is 4.21. The minimum Gasteiger partial charge on any atom is -0.200 e. The zero-order valence-electron chi connectivity index (χ0n) is 14.3. The van der Waals surface area contributed by atoms with Crippen molar-refractivity contribution in [1.29, 1.82) is 0 Å². The molecule has 5 nitrogen and oxygen atoms in total. The van der Waals surface area contributed by atoms with Gasteiger partial charge in [0.15, 0.2) is 0 Å². The highest BCUT2D eigenvalue weighted by Gasteiger charge is 2.18. The topological polar surface area (TPSA) is 64.0 Å². The van der Waals surface area contributed by atoms with Gasteiger partial charge in [0, 0.05) is 5.56 Å². The largest absolute Gasteiger partial charge is 0.276 e. The molecule has 3 rings (SSSR count). The second-order valence-corrected chi connectivity index (χ2v) is 7.97. The summed E-state index contributed by atoms with van der Waals surface area (Å²) in [5.41, 5.74) is 2.47. The lowest BCUT2D eigenvalue weighted by atomic mass is 10.1. The van der Waals surface area contributed by atoms with E-state index >= 15 is 0 Å². The van der Waals surface area contributed by atoms with E-state index in [4.69, 9.17) is 0 Å². The Morgan fingerprint density at radius 1 is 1.00 bits per heavy atom. The van der Waals surface area contributed by atoms with Crippen LogP contribution in [0.4, 0.5) is 0 Å². The van der Waals surface area contributed by atoms with Gasteiger partial charge in [-0.25, -0.2) is 0 Å². The van der Waals surface area contributed by atoms with Crippen molar-refractivity contribution in [2.45, 2.75) is 25.2 Å². The molecule has 0 bridgehead atoms. The molecule has 1 aromatic heterocycles. The van der Waals surface area contributed by atoms with Crippen molar-refractivity contribution in [1.82, 2.24) is 9.89 Å². The zero-order chi connectivity index (χ0) is 17.9. The van der Waals surface area contributed by atoms with E-state index in [0.717, 1.165) is 23.4 Å². The molecule has 0 atom stereocenters. The first kappa shape index (κ1) is 17.2. The maximum atomic E-state index is 12.6. The Labute approximate surface area is 148 Å². The standard InChI is InChI=1S/C19H21N3O2S/c1-15(2)13-17-14-19(16-9-5-3-6-10-16)22(20-17)21-25(23,24)18-11-7-4-8-12-18/h3-12,14-15,21H,13H2,1-2H3. The average Bonchev–Trinajstić information content (AvgIpc) is 2.97. The van der Waals surface area contributed by atoms with Crippen molar-refractivity contribution in [3.63, 3.8) is 0 Å². The van der Waals surface area contributed by atoms with Crippen LogP contribution >= 0.6 is 0 Å². The molecule has 1 N–H and O–H groups in total. The van der Waals surface area contributed by atoms with Crippen molar-refractivity contribution in [3.8, 4) is 11.3 Å². The molecule has 0 aliphatic rings. The summed E-state index contributed by atoms with van der Waals surface area (Å²) >= 11 is 0. The van der Waals surface area contributed by atoms with Crippen LogP contribution in [-0.2, 0) is 16.4 Å². The van der Waals surface area contributed by atoms with Crippen LogP contribution in [0, 0.1) is 5.92 Å². The maximum absolute atomic E-state index is 12.6. The van der Waals surface area contributed by atoms with E-state index in [0.29, 0.717) is 5.92 Å². The van der Waals surface area contributed by atoms with Gasteiger partial charge in [0.25, 0.3) is 10.0 Å². The van der Waals surface area contributed by atoms with Crippen LogP contribution < -0.4 is 4.83 Å². The van der Waals surface area contributed by atoms with E-state index in [9.17, 15) is 8.42 Å². The van der Waals surface area contributed by atoms with Gasteiger partial charge in [-0.15, -0.1) is 0 Å². The summed E-state index contributed by atoms with van der Waals surface area (Å²) in [5.74, 6) is 0.428. The van der Waals surface area contributed by atoms with E-state index in [2.05, 4.69) is 23.8 Å². The van der Waals surface area contributed by atoms with Crippen molar-refractivity contribution in [3.05, 3.63) is 72.4 Å². The van der Waals surface area contributed by atoms with Crippen LogP contribution in [0.3, 0.4) is 0 Å². The summed E-state index contributed by atoms with van der Waals surface area (Å²) in [6, 6.07) is 19.8. The lowest BCUT2D eigenvalue weighted by Gasteiger charge is -2.11. The minimum absolute atomic E-state index is 0.204. The molecule has 0 unspecified atom stereocenters. The van der Waals surface area contributed by atoms with Crippen molar-refractivity contribution in [2.75, 3.05) is 4.83 Å². The Morgan fingerprint density at radius 2 is 1.60 bits per heavy atom. The van der Waals surface area contributed by atoms with Crippen LogP contribution in [0.15, 0.2) is 71.6 Å². The van der Waals surface area contributed by atoms with Gasteiger partial charge in [0.1, 0.15) is 0 Å². The molecular formula is C19H21N3O2S. The number of benzene rings is 2. The van der Waals surface area contributed by atoms with E-state index in [1.807, 2.05) is 36.4 Å². The first-order valence-electron chi connectivity index (χ1n) is 8.18. The molecule has 0 saturated heterocycles. The monoisotopic (exact) mass is 355 g/mol. The normalized spacial score (nSPS) is 11.6. The van der Waals surface area contributed by atoms with E-state index < -0.39 is 10.0 Å². The number of nitrogens with one attached hydrogen (secondary N) is 1. The molecule has 0 amide bonds. The summed E-state index contributed by atoms with van der Waals surface area (Å²) in [5, 5.41) is 4.46. The predicted octanol–water partition coefficient (Wildman–Crippen LogP) is 3.68. The van der Waals surface area contributed by atoms with Gasteiger partial charge in [0.05, 0.1) is 16.3 Å². The second-order valence-electron chi connectivity index (χ2n) is 6.30. The Morgan fingerprint density at radius 3 is 2.20 bits per heavy atom. The van der Waals surface area contributed by atoms with Gasteiger partial charge < -0.3 is 0 Å². The smallest absolute Gasteiger partial charge is 0.200 e. The first-order valence-corrected chi connectivity index (χ1v) is 9.66. The predicted molar refractivity (Wildman–Crippen MR) is 99.2 cm³/mol. The molecular weight excluding hydrogens is 334 g/mol. The van der Waals surface area contributed by atoms with E-state index in [1.165, 1.54) is 4.79 Å². The number of sulfonamides is 1. The molecule has 2 aromatic carbocycles. The molecule has 6 heteroatoms. The van der Waals surface area contributed by atoms with Crippen molar-refractivity contribution < 1.29 is 8.42 Å². The van der Waals surface area contributed by atoms with Crippen LogP contribution in [0.2, 0.25) is 0 Å². The average molecular weight is 355 g/mol. The third-order valence-corrected chi connectivity index (χ3v) is 5.01. The van der Waals surface area contributed by atoms with Crippen molar-refractivity contribution >= 4 is 10.0 Å². The Hall–Kier alpha value is -2.60. The Balaban J connectivity index is 2.01. The highest BCUT2D eigenvalue weighted by atomic mass is 32.2. The molecule has 0 aliphatic heterocycles. The minimum atomic E-state index is -3.71. The van der Waals surface area contributed by atoms with Gasteiger partial charge in [-0.05, 0) is 30.5 Å². The van der Waals surface area contributed by atoms with Gasteiger partial charge in [-0.1, -0.05) is 62.4 Å². The highest BCUT2D eigenvalue weighted by Crippen LogP contribution is 2.22. The molecule has 0 fully saturated rings. The SMILES string of the molecule is CC(C)Cc1cc(-c2ccccc2)n(NS(=O)(=O)c2ccccc2)n1. The molecule has 1 heterocycles. The molecule has 25 heavy (non-hydrogen) atoms. The fourth-order valence-electron chi connectivity index (χ4n) is 2.60. The van der Waals surface area contributed by atoms with Crippen molar-refractivity contribution in [2.24, 2.45) is 5.92 Å². The van der Waals surface area contributed by atoms with Crippen LogP contribution in [-0.4, -0.2) is 18.3 Å². The third-order valence-electron chi connectivity index (χ3n) is 3.71. The quantitative estimate of drug-likeness (QED) is 0.733. The summed E-state index contributed by atoms with van der Waals surface area (Å²) in [4.78, 5) is 4.13. The van der Waals surface area contributed by atoms with Crippen LogP contribution in [0.1, 0.15) is 19.5 Å². The molecule has 0 radical (unpaired) electrons. The lowest BCUT2D eigenvalue weighted by Crippen LogP contribution is -2.25. The van der Waals surface area contributed by atoms with Gasteiger partial charge >= 0.3 is 0 Å². The van der Waals surface area contributed by atoms with Crippen LogP contribution in [0.5, 0.6) is 0 Å². The van der Waals surface area contributed by atoms with Gasteiger partial charge in [0.2, 0.25) is 0 Å². The second kappa shape index (κ2) is 7.11. The summed E-state index contributed by atoms with van der Waals surface area (Å²) in [6.07, 6.45) is 0.778.